The Morgan fingerprint density at radius 1 is 1.10 bits per heavy atom. The Balaban J connectivity index is 1.92. The quantitative estimate of drug-likeness (QED) is 0.787. The summed E-state index contributed by atoms with van der Waals surface area (Å²) in [4.78, 5) is 27.6. The predicted octanol–water partition coefficient (Wildman–Crippen LogP) is 1.78. The minimum atomic E-state index is -0.0473. The SMILES string of the molecule is CCNC(=O)N1CCN(C(=O)c2ccc(I)cc2)CC1. The van der Waals surface area contributed by atoms with E-state index >= 15 is 0 Å². The van der Waals surface area contributed by atoms with Crippen LogP contribution in [-0.4, -0.2) is 54.5 Å². The lowest BCUT2D eigenvalue weighted by Crippen LogP contribution is -2.53. The molecule has 0 aliphatic carbocycles. The highest BCUT2D eigenvalue weighted by Gasteiger charge is 2.24. The second-order valence-corrected chi connectivity index (χ2v) is 5.87. The Hall–Kier alpha value is -1.31. The summed E-state index contributed by atoms with van der Waals surface area (Å²) in [5, 5.41) is 2.78. The van der Waals surface area contributed by atoms with Gasteiger partial charge >= 0.3 is 6.03 Å². The van der Waals surface area contributed by atoms with E-state index in [1.54, 1.807) is 9.80 Å². The third-order valence-electron chi connectivity index (χ3n) is 3.27. The first-order valence-corrected chi connectivity index (χ1v) is 7.77. The normalized spacial score (nSPS) is 15.1. The van der Waals surface area contributed by atoms with Gasteiger partial charge in [0, 0.05) is 41.9 Å². The van der Waals surface area contributed by atoms with Crippen LogP contribution < -0.4 is 5.32 Å². The third kappa shape index (κ3) is 3.62. The average molecular weight is 387 g/mol. The predicted molar refractivity (Wildman–Crippen MR) is 85.7 cm³/mol. The van der Waals surface area contributed by atoms with Crippen LogP contribution in [0.2, 0.25) is 0 Å². The Bertz CT molecular complexity index is 482. The van der Waals surface area contributed by atoms with E-state index in [2.05, 4.69) is 27.9 Å². The van der Waals surface area contributed by atoms with E-state index in [4.69, 9.17) is 0 Å². The largest absolute Gasteiger partial charge is 0.338 e. The van der Waals surface area contributed by atoms with Crippen LogP contribution >= 0.6 is 22.6 Å². The molecule has 1 aromatic rings. The Morgan fingerprint density at radius 3 is 2.20 bits per heavy atom. The van der Waals surface area contributed by atoms with Crippen LogP contribution in [0.15, 0.2) is 24.3 Å². The van der Waals surface area contributed by atoms with Crippen molar-refractivity contribution in [3.05, 3.63) is 33.4 Å². The number of carbonyl (C=O) groups is 2. The highest BCUT2D eigenvalue weighted by molar-refractivity contribution is 14.1. The molecule has 1 aliphatic rings. The van der Waals surface area contributed by atoms with Gasteiger partial charge in [-0.25, -0.2) is 4.79 Å². The van der Waals surface area contributed by atoms with Crippen molar-refractivity contribution in [2.45, 2.75) is 6.92 Å². The highest BCUT2D eigenvalue weighted by Crippen LogP contribution is 2.11. The van der Waals surface area contributed by atoms with Gasteiger partial charge < -0.3 is 15.1 Å². The van der Waals surface area contributed by atoms with Gasteiger partial charge in [0.2, 0.25) is 0 Å². The van der Waals surface area contributed by atoms with Crippen molar-refractivity contribution in [2.24, 2.45) is 0 Å². The van der Waals surface area contributed by atoms with Gasteiger partial charge in [-0.3, -0.25) is 4.79 Å². The van der Waals surface area contributed by atoms with Crippen molar-refractivity contribution >= 4 is 34.5 Å². The lowest BCUT2D eigenvalue weighted by atomic mass is 10.2. The standard InChI is InChI=1S/C14H18IN3O2/c1-2-16-14(20)18-9-7-17(8-10-18)13(19)11-3-5-12(15)6-4-11/h3-6H,2,7-10H2,1H3,(H,16,20). The van der Waals surface area contributed by atoms with Gasteiger partial charge in [-0.05, 0) is 53.8 Å². The molecule has 1 saturated heterocycles. The smallest absolute Gasteiger partial charge is 0.317 e. The Morgan fingerprint density at radius 2 is 1.65 bits per heavy atom. The molecule has 2 rings (SSSR count). The van der Waals surface area contributed by atoms with Crippen LogP contribution in [0.25, 0.3) is 0 Å². The monoisotopic (exact) mass is 387 g/mol. The van der Waals surface area contributed by atoms with E-state index in [1.165, 1.54) is 0 Å². The molecule has 1 fully saturated rings. The van der Waals surface area contributed by atoms with Crippen LogP contribution in [0.5, 0.6) is 0 Å². The molecule has 0 saturated carbocycles. The second kappa shape index (κ2) is 6.92. The van der Waals surface area contributed by atoms with Gasteiger partial charge in [-0.1, -0.05) is 0 Å². The molecule has 0 aromatic heterocycles. The Kier molecular flexibility index (Phi) is 5.22. The van der Waals surface area contributed by atoms with E-state index in [0.29, 0.717) is 38.3 Å². The maximum Gasteiger partial charge on any atom is 0.317 e. The third-order valence-corrected chi connectivity index (χ3v) is 3.99. The molecule has 1 N–H and O–H groups in total. The number of piperazine rings is 1. The summed E-state index contributed by atoms with van der Waals surface area (Å²) in [5.74, 6) is 0.0388. The minimum absolute atomic E-state index is 0.0388. The van der Waals surface area contributed by atoms with Crippen molar-refractivity contribution in [1.29, 1.82) is 0 Å². The molecular formula is C14H18IN3O2. The number of rotatable bonds is 2. The van der Waals surface area contributed by atoms with Crippen molar-refractivity contribution in [1.82, 2.24) is 15.1 Å². The molecule has 0 spiro atoms. The molecule has 3 amide bonds. The number of nitrogens with one attached hydrogen (secondary N) is 1. The summed E-state index contributed by atoms with van der Waals surface area (Å²) >= 11 is 2.22. The van der Waals surface area contributed by atoms with Crippen LogP contribution in [0.4, 0.5) is 4.79 Å². The molecule has 1 heterocycles. The van der Waals surface area contributed by atoms with Crippen molar-refractivity contribution in [3.63, 3.8) is 0 Å². The minimum Gasteiger partial charge on any atom is -0.338 e. The first kappa shape index (κ1) is 15.1. The van der Waals surface area contributed by atoms with E-state index in [-0.39, 0.29) is 11.9 Å². The molecule has 5 nitrogen and oxygen atoms in total. The molecule has 108 valence electrons. The fourth-order valence-electron chi connectivity index (χ4n) is 2.15. The number of benzene rings is 1. The summed E-state index contributed by atoms with van der Waals surface area (Å²) in [6, 6.07) is 7.51. The summed E-state index contributed by atoms with van der Waals surface area (Å²) < 4.78 is 1.11. The topological polar surface area (TPSA) is 52.7 Å². The lowest BCUT2D eigenvalue weighted by Gasteiger charge is -2.34. The van der Waals surface area contributed by atoms with E-state index in [1.807, 2.05) is 31.2 Å². The number of halogens is 1. The van der Waals surface area contributed by atoms with Gasteiger partial charge in [0.1, 0.15) is 0 Å². The molecule has 1 aliphatic heterocycles. The molecule has 20 heavy (non-hydrogen) atoms. The van der Waals surface area contributed by atoms with E-state index in [9.17, 15) is 9.59 Å². The van der Waals surface area contributed by atoms with Gasteiger partial charge in [0.25, 0.3) is 5.91 Å². The lowest BCUT2D eigenvalue weighted by molar-refractivity contribution is 0.0665. The van der Waals surface area contributed by atoms with Crippen LogP contribution in [-0.2, 0) is 0 Å². The zero-order valence-corrected chi connectivity index (χ0v) is 13.6. The van der Waals surface area contributed by atoms with E-state index < -0.39 is 0 Å². The molecule has 0 atom stereocenters. The summed E-state index contributed by atoms with van der Waals surface area (Å²) in [7, 11) is 0. The molecule has 0 bridgehead atoms. The van der Waals surface area contributed by atoms with Crippen molar-refractivity contribution in [3.8, 4) is 0 Å². The maximum atomic E-state index is 12.3. The molecule has 1 aromatic carbocycles. The maximum absolute atomic E-state index is 12.3. The van der Waals surface area contributed by atoms with Crippen molar-refractivity contribution in [2.75, 3.05) is 32.7 Å². The number of amides is 3. The number of carbonyl (C=O) groups excluding carboxylic acids is 2. The summed E-state index contributed by atoms with van der Waals surface area (Å²) in [6.07, 6.45) is 0. The van der Waals surface area contributed by atoms with Gasteiger partial charge in [-0.15, -0.1) is 0 Å². The first-order valence-electron chi connectivity index (χ1n) is 6.69. The van der Waals surface area contributed by atoms with Gasteiger partial charge in [0.05, 0.1) is 0 Å². The number of hydrogen-bond donors (Lipinski definition) is 1. The molecule has 6 heteroatoms. The van der Waals surface area contributed by atoms with Gasteiger partial charge in [-0.2, -0.15) is 0 Å². The van der Waals surface area contributed by atoms with Crippen molar-refractivity contribution < 1.29 is 9.59 Å². The van der Waals surface area contributed by atoms with Gasteiger partial charge in [0.15, 0.2) is 0 Å². The number of urea groups is 1. The number of nitrogens with zero attached hydrogens (tertiary/aromatic N) is 2. The zero-order valence-electron chi connectivity index (χ0n) is 11.4. The molecule has 0 radical (unpaired) electrons. The zero-order chi connectivity index (χ0) is 14.5. The molecular weight excluding hydrogens is 369 g/mol. The fourth-order valence-corrected chi connectivity index (χ4v) is 2.51. The highest BCUT2D eigenvalue weighted by atomic mass is 127. The molecule has 0 unspecified atom stereocenters. The summed E-state index contributed by atoms with van der Waals surface area (Å²) in [5.41, 5.74) is 0.705. The van der Waals surface area contributed by atoms with Crippen LogP contribution in [0, 0.1) is 3.57 Å². The first-order chi connectivity index (χ1) is 9.61. The van der Waals surface area contributed by atoms with Crippen LogP contribution in [0.3, 0.4) is 0 Å². The number of hydrogen-bond acceptors (Lipinski definition) is 2. The fraction of sp³-hybridized carbons (Fsp3) is 0.429. The average Bonchev–Trinajstić information content (AvgIpc) is 2.48. The van der Waals surface area contributed by atoms with E-state index in [0.717, 1.165) is 3.57 Å². The van der Waals surface area contributed by atoms with Crippen LogP contribution in [0.1, 0.15) is 17.3 Å². The summed E-state index contributed by atoms with van der Waals surface area (Å²) in [6.45, 7) is 4.86. The second-order valence-electron chi connectivity index (χ2n) is 4.62. The Labute approximate surface area is 132 Å².